The lowest BCUT2D eigenvalue weighted by atomic mass is 10.1. The van der Waals surface area contributed by atoms with Crippen molar-refractivity contribution < 1.29 is 0 Å². The number of nitrogens with one attached hydrogen (secondary N) is 2. The van der Waals surface area contributed by atoms with Gasteiger partial charge in [0.1, 0.15) is 24.3 Å². The molecule has 1 fully saturated rings. The Bertz CT molecular complexity index is 1260. The molecule has 1 aliphatic heterocycles. The molecule has 0 aliphatic carbocycles. The summed E-state index contributed by atoms with van der Waals surface area (Å²) in [4.78, 5) is 23.2. The van der Waals surface area contributed by atoms with Gasteiger partial charge in [0.15, 0.2) is 0 Å². The molecule has 3 heterocycles. The standard InChI is InChI=1S/C30H40N8/c1-21(2)9-11-31-23-5-7-25-27(17-23)33-19-35-29(25)37-13-15-38(16-14-37)30-26-8-6-24(32-12-10-22(3)4)18-28(26)34-20-36-30/h5-8,17-22,31-32H,9-16H2,1-4H3. The molecule has 4 aromatic rings. The van der Waals surface area contributed by atoms with Gasteiger partial charge in [0.2, 0.25) is 0 Å². The second-order valence-electron chi connectivity index (χ2n) is 11.1. The Hall–Kier alpha value is -3.68. The molecule has 8 nitrogen and oxygen atoms in total. The molecule has 0 saturated carbocycles. The minimum absolute atomic E-state index is 0.685. The van der Waals surface area contributed by atoms with E-state index in [1.54, 1.807) is 12.7 Å². The van der Waals surface area contributed by atoms with E-state index in [1.807, 2.05) is 0 Å². The average Bonchev–Trinajstić information content (AvgIpc) is 2.92. The van der Waals surface area contributed by atoms with E-state index < -0.39 is 0 Å². The van der Waals surface area contributed by atoms with Gasteiger partial charge in [0.25, 0.3) is 0 Å². The van der Waals surface area contributed by atoms with Crippen molar-refractivity contribution in [1.82, 2.24) is 19.9 Å². The molecular formula is C30H40N8. The number of piperazine rings is 1. The van der Waals surface area contributed by atoms with Crippen molar-refractivity contribution in [3.63, 3.8) is 0 Å². The zero-order valence-corrected chi connectivity index (χ0v) is 23.1. The van der Waals surface area contributed by atoms with Gasteiger partial charge in [-0.15, -0.1) is 0 Å². The van der Waals surface area contributed by atoms with Crippen LogP contribution in [0.15, 0.2) is 49.1 Å². The number of hydrogen-bond acceptors (Lipinski definition) is 8. The summed E-state index contributed by atoms with van der Waals surface area (Å²) in [6.07, 6.45) is 5.67. The van der Waals surface area contributed by atoms with Gasteiger partial charge in [-0.3, -0.25) is 0 Å². The molecule has 0 radical (unpaired) electrons. The third-order valence-electron chi connectivity index (χ3n) is 7.21. The van der Waals surface area contributed by atoms with E-state index >= 15 is 0 Å². The lowest BCUT2D eigenvalue weighted by Crippen LogP contribution is -2.47. The SMILES string of the molecule is CC(C)CCNc1ccc2c(N3CCN(c4ncnc5cc(NCCC(C)C)ccc45)CC3)ncnc2c1. The Morgan fingerprint density at radius 3 is 1.45 bits per heavy atom. The molecule has 1 aliphatic rings. The Labute approximate surface area is 225 Å². The van der Waals surface area contributed by atoms with Gasteiger partial charge in [-0.05, 0) is 61.1 Å². The van der Waals surface area contributed by atoms with Gasteiger partial charge in [-0.25, -0.2) is 19.9 Å². The maximum Gasteiger partial charge on any atom is 0.140 e. The second kappa shape index (κ2) is 11.8. The number of rotatable bonds is 10. The van der Waals surface area contributed by atoms with E-state index in [9.17, 15) is 0 Å². The lowest BCUT2D eigenvalue weighted by molar-refractivity contribution is 0.607. The highest BCUT2D eigenvalue weighted by Gasteiger charge is 2.22. The van der Waals surface area contributed by atoms with Crippen molar-refractivity contribution in [2.45, 2.75) is 40.5 Å². The fourth-order valence-electron chi connectivity index (χ4n) is 4.95. The predicted octanol–water partition coefficient (Wildman–Crippen LogP) is 5.82. The molecule has 2 aromatic heterocycles. The molecule has 200 valence electrons. The maximum atomic E-state index is 4.68. The summed E-state index contributed by atoms with van der Waals surface area (Å²) in [6.45, 7) is 14.4. The normalized spacial score (nSPS) is 14.2. The molecule has 38 heavy (non-hydrogen) atoms. The third-order valence-corrected chi connectivity index (χ3v) is 7.21. The Kier molecular flexibility index (Phi) is 8.05. The summed E-state index contributed by atoms with van der Waals surface area (Å²) >= 11 is 0. The van der Waals surface area contributed by atoms with Crippen LogP contribution in [-0.4, -0.2) is 59.2 Å². The summed E-state index contributed by atoms with van der Waals surface area (Å²) < 4.78 is 0. The minimum Gasteiger partial charge on any atom is -0.385 e. The summed E-state index contributed by atoms with van der Waals surface area (Å²) in [5.41, 5.74) is 4.18. The first kappa shape index (κ1) is 25.9. The quantitative estimate of drug-likeness (QED) is 0.275. The Morgan fingerprint density at radius 2 is 1.05 bits per heavy atom. The third kappa shape index (κ3) is 6.06. The minimum atomic E-state index is 0.685. The molecule has 2 aromatic carbocycles. The molecule has 0 atom stereocenters. The number of anilines is 4. The van der Waals surface area contributed by atoms with Gasteiger partial charge < -0.3 is 20.4 Å². The van der Waals surface area contributed by atoms with Gasteiger partial charge in [-0.1, -0.05) is 27.7 Å². The fraction of sp³-hybridized carbons (Fsp3) is 0.467. The highest BCUT2D eigenvalue weighted by Crippen LogP contribution is 2.29. The van der Waals surface area contributed by atoms with Crippen LogP contribution in [0.25, 0.3) is 21.8 Å². The van der Waals surface area contributed by atoms with E-state index in [1.165, 1.54) is 0 Å². The largest absolute Gasteiger partial charge is 0.385 e. The van der Waals surface area contributed by atoms with E-state index in [0.717, 1.165) is 96.9 Å². The molecular weight excluding hydrogens is 472 g/mol. The first-order valence-corrected chi connectivity index (χ1v) is 13.9. The van der Waals surface area contributed by atoms with Crippen molar-refractivity contribution in [2.24, 2.45) is 11.8 Å². The van der Waals surface area contributed by atoms with Gasteiger partial charge >= 0.3 is 0 Å². The van der Waals surface area contributed by atoms with Crippen LogP contribution in [0.5, 0.6) is 0 Å². The topological polar surface area (TPSA) is 82.1 Å². The molecule has 1 saturated heterocycles. The lowest BCUT2D eigenvalue weighted by Gasteiger charge is -2.36. The number of nitrogens with zero attached hydrogens (tertiary/aromatic N) is 6. The fourth-order valence-corrected chi connectivity index (χ4v) is 4.95. The second-order valence-corrected chi connectivity index (χ2v) is 11.1. The van der Waals surface area contributed by atoms with Crippen LogP contribution in [0.4, 0.5) is 23.0 Å². The van der Waals surface area contributed by atoms with Crippen molar-refractivity contribution in [3.8, 4) is 0 Å². The van der Waals surface area contributed by atoms with E-state index in [2.05, 4.69) is 104 Å². The Balaban J connectivity index is 1.27. The molecule has 2 N–H and O–H groups in total. The number of fused-ring (bicyclic) bond motifs is 2. The molecule has 8 heteroatoms. The van der Waals surface area contributed by atoms with Crippen LogP contribution in [0.1, 0.15) is 40.5 Å². The number of hydrogen-bond donors (Lipinski definition) is 2. The molecule has 0 unspecified atom stereocenters. The smallest absolute Gasteiger partial charge is 0.140 e. The maximum absolute atomic E-state index is 4.68. The van der Waals surface area contributed by atoms with Crippen LogP contribution in [0, 0.1) is 11.8 Å². The van der Waals surface area contributed by atoms with Gasteiger partial charge in [0.05, 0.1) is 11.0 Å². The van der Waals surface area contributed by atoms with Crippen LogP contribution in [-0.2, 0) is 0 Å². The van der Waals surface area contributed by atoms with Gasteiger partial charge in [0, 0.05) is 61.4 Å². The van der Waals surface area contributed by atoms with Crippen LogP contribution in [0.2, 0.25) is 0 Å². The number of benzene rings is 2. The highest BCUT2D eigenvalue weighted by atomic mass is 15.3. The monoisotopic (exact) mass is 512 g/mol. The molecule has 0 amide bonds. The van der Waals surface area contributed by atoms with Gasteiger partial charge in [-0.2, -0.15) is 0 Å². The van der Waals surface area contributed by atoms with E-state index in [-0.39, 0.29) is 0 Å². The number of aromatic nitrogens is 4. The first-order valence-electron chi connectivity index (χ1n) is 13.9. The van der Waals surface area contributed by atoms with Crippen molar-refractivity contribution in [3.05, 3.63) is 49.1 Å². The van der Waals surface area contributed by atoms with E-state index in [0.29, 0.717) is 11.8 Å². The Morgan fingerprint density at radius 1 is 0.632 bits per heavy atom. The van der Waals surface area contributed by atoms with Crippen LogP contribution in [0.3, 0.4) is 0 Å². The summed E-state index contributed by atoms with van der Waals surface area (Å²) in [7, 11) is 0. The average molecular weight is 513 g/mol. The zero-order chi connectivity index (χ0) is 26.5. The zero-order valence-electron chi connectivity index (χ0n) is 23.1. The molecule has 0 spiro atoms. The summed E-state index contributed by atoms with van der Waals surface area (Å²) in [5, 5.41) is 9.25. The predicted molar refractivity (Wildman–Crippen MR) is 159 cm³/mol. The van der Waals surface area contributed by atoms with Crippen molar-refractivity contribution >= 4 is 44.8 Å². The first-order chi connectivity index (χ1) is 18.5. The van der Waals surface area contributed by atoms with Crippen molar-refractivity contribution in [2.75, 3.05) is 59.7 Å². The van der Waals surface area contributed by atoms with E-state index in [4.69, 9.17) is 0 Å². The van der Waals surface area contributed by atoms with Crippen LogP contribution < -0.4 is 20.4 Å². The van der Waals surface area contributed by atoms with Crippen molar-refractivity contribution in [1.29, 1.82) is 0 Å². The molecule has 0 bridgehead atoms. The molecule has 5 rings (SSSR count). The highest BCUT2D eigenvalue weighted by molar-refractivity contribution is 5.93. The van der Waals surface area contributed by atoms with Crippen LogP contribution >= 0.6 is 0 Å². The summed E-state index contributed by atoms with van der Waals surface area (Å²) in [5.74, 6) is 3.39. The summed E-state index contributed by atoms with van der Waals surface area (Å²) in [6, 6.07) is 12.9.